The maximum Gasteiger partial charge on any atom is 0.277 e. The van der Waals surface area contributed by atoms with E-state index in [4.69, 9.17) is 4.74 Å². The molecule has 0 aliphatic heterocycles. The molecule has 25 heavy (non-hydrogen) atoms. The number of phenols is 2. The number of hydrazone groups is 1. The van der Waals surface area contributed by atoms with Gasteiger partial charge in [-0.2, -0.15) is 5.10 Å². The van der Waals surface area contributed by atoms with E-state index in [9.17, 15) is 15.0 Å². The quantitative estimate of drug-likeness (QED) is 0.443. The van der Waals surface area contributed by atoms with Gasteiger partial charge in [0.1, 0.15) is 17.2 Å². The summed E-state index contributed by atoms with van der Waals surface area (Å²) < 4.78 is 5.41. The van der Waals surface area contributed by atoms with Crippen molar-refractivity contribution >= 4 is 12.1 Å². The zero-order chi connectivity index (χ0) is 18.4. The number of carbonyl (C=O) groups is 1. The van der Waals surface area contributed by atoms with Gasteiger partial charge in [-0.05, 0) is 41.3 Å². The highest BCUT2D eigenvalue weighted by Crippen LogP contribution is 2.24. The van der Waals surface area contributed by atoms with E-state index in [0.29, 0.717) is 11.3 Å². The molecule has 1 amide bonds. The van der Waals surface area contributed by atoms with Crippen molar-refractivity contribution in [3.8, 4) is 17.2 Å². The van der Waals surface area contributed by atoms with Crippen LogP contribution >= 0.6 is 0 Å². The standard InChI is InChI=1S/C19H22N2O4/c1-19(2,3)14-4-7-16(8-5-14)25-12-18(24)21-20-11-13-10-15(22)6-9-17(13)23/h4-11,22-23H,12H2,1-3H3,(H,21,24). The molecule has 3 N–H and O–H groups in total. The van der Waals surface area contributed by atoms with Crippen LogP contribution in [0.25, 0.3) is 0 Å². The number of ether oxygens (including phenoxy) is 1. The number of hydrogen-bond acceptors (Lipinski definition) is 5. The normalized spacial score (nSPS) is 11.5. The Kier molecular flexibility index (Phi) is 5.64. The van der Waals surface area contributed by atoms with Crippen LogP contribution in [-0.4, -0.2) is 28.9 Å². The molecule has 0 heterocycles. The van der Waals surface area contributed by atoms with Gasteiger partial charge in [-0.15, -0.1) is 0 Å². The van der Waals surface area contributed by atoms with Crippen LogP contribution in [0.5, 0.6) is 17.2 Å². The highest BCUT2D eigenvalue weighted by Gasteiger charge is 2.13. The number of benzene rings is 2. The molecule has 0 spiro atoms. The van der Waals surface area contributed by atoms with Crippen molar-refractivity contribution in [2.45, 2.75) is 26.2 Å². The van der Waals surface area contributed by atoms with Gasteiger partial charge in [-0.1, -0.05) is 32.9 Å². The minimum atomic E-state index is -0.434. The summed E-state index contributed by atoms with van der Waals surface area (Å²) in [5.41, 5.74) is 3.83. The van der Waals surface area contributed by atoms with E-state index in [1.807, 2.05) is 24.3 Å². The summed E-state index contributed by atoms with van der Waals surface area (Å²) in [7, 11) is 0. The third-order valence-electron chi connectivity index (χ3n) is 3.49. The fourth-order valence-corrected chi connectivity index (χ4v) is 2.05. The molecule has 2 aromatic carbocycles. The molecule has 2 rings (SSSR count). The topological polar surface area (TPSA) is 91.2 Å². The number of hydrogen-bond donors (Lipinski definition) is 3. The van der Waals surface area contributed by atoms with E-state index >= 15 is 0 Å². The summed E-state index contributed by atoms with van der Waals surface area (Å²) in [5.74, 6) is 0.104. The summed E-state index contributed by atoms with van der Waals surface area (Å²) in [4.78, 5) is 11.7. The first-order valence-corrected chi connectivity index (χ1v) is 7.83. The van der Waals surface area contributed by atoms with Crippen molar-refractivity contribution in [1.29, 1.82) is 0 Å². The Labute approximate surface area is 146 Å². The van der Waals surface area contributed by atoms with Crippen molar-refractivity contribution in [3.05, 3.63) is 53.6 Å². The predicted molar refractivity (Wildman–Crippen MR) is 96.1 cm³/mol. The molecule has 0 fully saturated rings. The van der Waals surface area contributed by atoms with Crippen molar-refractivity contribution in [1.82, 2.24) is 5.43 Å². The summed E-state index contributed by atoms with van der Waals surface area (Å²) in [6, 6.07) is 11.6. The SMILES string of the molecule is CC(C)(C)c1ccc(OCC(=O)NN=Cc2cc(O)ccc2O)cc1. The molecular formula is C19H22N2O4. The molecule has 0 bridgehead atoms. The average Bonchev–Trinajstić information content (AvgIpc) is 2.56. The minimum Gasteiger partial charge on any atom is -0.508 e. The Bertz CT molecular complexity index is 762. The first-order valence-electron chi connectivity index (χ1n) is 7.83. The summed E-state index contributed by atoms with van der Waals surface area (Å²) >= 11 is 0. The van der Waals surface area contributed by atoms with Gasteiger partial charge in [0.05, 0.1) is 6.21 Å². The van der Waals surface area contributed by atoms with Crippen molar-refractivity contribution in [2.24, 2.45) is 5.10 Å². The second kappa shape index (κ2) is 7.70. The fourth-order valence-electron chi connectivity index (χ4n) is 2.05. The lowest BCUT2D eigenvalue weighted by atomic mass is 9.87. The van der Waals surface area contributed by atoms with Gasteiger partial charge >= 0.3 is 0 Å². The Hall–Kier alpha value is -3.02. The van der Waals surface area contributed by atoms with Gasteiger partial charge in [-0.3, -0.25) is 4.79 Å². The number of amides is 1. The predicted octanol–water partition coefficient (Wildman–Crippen LogP) is 2.92. The molecule has 0 aliphatic carbocycles. The molecule has 132 valence electrons. The van der Waals surface area contributed by atoms with E-state index in [1.54, 1.807) is 0 Å². The molecule has 0 unspecified atom stereocenters. The number of phenolic OH excluding ortho intramolecular Hbond substituents is 2. The van der Waals surface area contributed by atoms with Crippen LogP contribution in [0.2, 0.25) is 0 Å². The van der Waals surface area contributed by atoms with E-state index in [2.05, 4.69) is 31.3 Å². The first-order chi connectivity index (χ1) is 11.8. The number of carbonyl (C=O) groups excluding carboxylic acids is 1. The Morgan fingerprint density at radius 3 is 2.48 bits per heavy atom. The lowest BCUT2D eigenvalue weighted by Gasteiger charge is -2.19. The summed E-state index contributed by atoms with van der Waals surface area (Å²) in [6.07, 6.45) is 1.24. The monoisotopic (exact) mass is 342 g/mol. The van der Waals surface area contributed by atoms with Crippen LogP contribution in [0, 0.1) is 0 Å². The highest BCUT2D eigenvalue weighted by atomic mass is 16.5. The van der Waals surface area contributed by atoms with Crippen molar-refractivity contribution < 1.29 is 19.7 Å². The molecule has 6 nitrogen and oxygen atoms in total. The third kappa shape index (κ3) is 5.53. The Morgan fingerprint density at radius 1 is 1.16 bits per heavy atom. The van der Waals surface area contributed by atoms with Gasteiger partial charge in [0.25, 0.3) is 5.91 Å². The molecular weight excluding hydrogens is 320 g/mol. The van der Waals surface area contributed by atoms with Crippen LogP contribution < -0.4 is 10.2 Å². The van der Waals surface area contributed by atoms with Gasteiger partial charge in [0, 0.05) is 5.56 Å². The molecule has 0 atom stereocenters. The average molecular weight is 342 g/mol. The van der Waals surface area contributed by atoms with Crippen LogP contribution in [0.4, 0.5) is 0 Å². The molecule has 6 heteroatoms. The smallest absolute Gasteiger partial charge is 0.277 e. The van der Waals surface area contributed by atoms with Gasteiger partial charge in [0.15, 0.2) is 6.61 Å². The number of rotatable bonds is 5. The zero-order valence-corrected chi connectivity index (χ0v) is 14.5. The maximum absolute atomic E-state index is 11.7. The number of nitrogens with one attached hydrogen (secondary N) is 1. The largest absolute Gasteiger partial charge is 0.508 e. The van der Waals surface area contributed by atoms with Gasteiger partial charge < -0.3 is 14.9 Å². The van der Waals surface area contributed by atoms with Crippen LogP contribution in [0.15, 0.2) is 47.6 Å². The van der Waals surface area contributed by atoms with E-state index in [-0.39, 0.29) is 23.5 Å². The van der Waals surface area contributed by atoms with Crippen LogP contribution in [-0.2, 0) is 10.2 Å². The summed E-state index contributed by atoms with van der Waals surface area (Å²) in [5, 5.41) is 22.7. The maximum atomic E-state index is 11.7. The molecule has 0 aromatic heterocycles. The Balaban J connectivity index is 1.84. The van der Waals surface area contributed by atoms with Crippen molar-refractivity contribution in [3.63, 3.8) is 0 Å². The molecule has 0 aliphatic rings. The zero-order valence-electron chi connectivity index (χ0n) is 14.5. The lowest BCUT2D eigenvalue weighted by Crippen LogP contribution is -2.24. The lowest BCUT2D eigenvalue weighted by molar-refractivity contribution is -0.123. The number of nitrogens with zero attached hydrogens (tertiary/aromatic N) is 1. The Morgan fingerprint density at radius 2 is 1.84 bits per heavy atom. The fraction of sp³-hybridized carbons (Fsp3) is 0.263. The highest BCUT2D eigenvalue weighted by molar-refractivity contribution is 5.85. The van der Waals surface area contributed by atoms with E-state index < -0.39 is 5.91 Å². The third-order valence-corrected chi connectivity index (χ3v) is 3.49. The first kappa shape index (κ1) is 18.3. The molecule has 2 aromatic rings. The minimum absolute atomic E-state index is 0.00684. The van der Waals surface area contributed by atoms with Gasteiger partial charge in [-0.25, -0.2) is 5.43 Å². The van der Waals surface area contributed by atoms with Crippen LogP contribution in [0.1, 0.15) is 31.9 Å². The second-order valence-corrected chi connectivity index (χ2v) is 6.60. The number of aromatic hydroxyl groups is 2. The second-order valence-electron chi connectivity index (χ2n) is 6.60. The van der Waals surface area contributed by atoms with Gasteiger partial charge in [0.2, 0.25) is 0 Å². The molecule has 0 saturated carbocycles. The van der Waals surface area contributed by atoms with Crippen molar-refractivity contribution in [2.75, 3.05) is 6.61 Å². The molecule has 0 saturated heterocycles. The summed E-state index contributed by atoms with van der Waals surface area (Å²) in [6.45, 7) is 6.19. The van der Waals surface area contributed by atoms with E-state index in [1.165, 1.54) is 30.0 Å². The van der Waals surface area contributed by atoms with Crippen LogP contribution in [0.3, 0.4) is 0 Å². The van der Waals surface area contributed by atoms with E-state index in [0.717, 1.165) is 0 Å². The molecule has 0 radical (unpaired) electrons.